The second kappa shape index (κ2) is 16.4. The standard InChI is InChI=1S/C44H55N5O6/c1-24(2)19-35-39-27(5)26(4)21-30-20-25(3)15-16-37(50)40(52)36(22-38(51)44(30,39)43(55)49-35)48-34-14-10-8-12-32(34)42(54)47-28(6)41(53)45-18-17-29-23-46-33-13-9-7-11-31(29)33/h7-14,17-18,20-21,23-24,27-28,30,35-37,39-40,46,48,50,52H,15-16,19,22H2,1-6H3,(H,45,53)(H,47,54)(H,49,55)/b18-17+,25-20+/t27-,28-,30+,35+,36?,37?,39+,40?,44+/m1/s1. The van der Waals surface area contributed by atoms with Crippen LogP contribution in [-0.2, 0) is 14.4 Å². The van der Waals surface area contributed by atoms with Crippen molar-refractivity contribution in [3.8, 4) is 0 Å². The van der Waals surface area contributed by atoms with Crippen LogP contribution in [0.15, 0.2) is 84.2 Å². The lowest BCUT2D eigenvalue weighted by atomic mass is 9.54. The molecule has 3 aliphatic rings. The van der Waals surface area contributed by atoms with Crippen molar-refractivity contribution in [1.82, 2.24) is 20.9 Å². The average Bonchev–Trinajstić information content (AvgIpc) is 3.69. The number of aromatic amines is 1. The highest BCUT2D eigenvalue weighted by Gasteiger charge is 2.65. The number of para-hydroxylation sites is 2. The molecule has 2 aromatic carbocycles. The number of nitrogens with one attached hydrogen (secondary N) is 5. The first-order valence-electron chi connectivity index (χ1n) is 19.5. The number of benzene rings is 2. The number of rotatable bonds is 9. The number of amides is 3. The molecule has 3 amide bonds. The van der Waals surface area contributed by atoms with Gasteiger partial charge in [0.25, 0.3) is 5.91 Å². The smallest absolute Gasteiger partial charge is 0.254 e. The molecular weight excluding hydrogens is 695 g/mol. The van der Waals surface area contributed by atoms with E-state index in [0.717, 1.165) is 34.0 Å². The Balaban J connectivity index is 1.24. The molecule has 7 N–H and O–H groups in total. The number of ketones is 1. The lowest BCUT2D eigenvalue weighted by Crippen LogP contribution is -2.54. The van der Waals surface area contributed by atoms with Gasteiger partial charge in [0.05, 0.1) is 17.7 Å². The molecule has 1 aliphatic heterocycles. The molecule has 1 fully saturated rings. The Kier molecular flexibility index (Phi) is 11.8. The minimum absolute atomic E-state index is 0.0451. The summed E-state index contributed by atoms with van der Waals surface area (Å²) in [4.78, 5) is 59.3. The van der Waals surface area contributed by atoms with Gasteiger partial charge in [-0.1, -0.05) is 74.4 Å². The van der Waals surface area contributed by atoms with E-state index in [1.54, 1.807) is 37.3 Å². The summed E-state index contributed by atoms with van der Waals surface area (Å²) in [5, 5.41) is 35.9. The van der Waals surface area contributed by atoms with Crippen LogP contribution in [0.25, 0.3) is 17.0 Å². The van der Waals surface area contributed by atoms with Crippen LogP contribution in [0, 0.1) is 29.1 Å². The number of Topliss-reactive ketones (excluding diaryl/α,β-unsaturated/α-hetero) is 1. The van der Waals surface area contributed by atoms with E-state index in [4.69, 9.17) is 0 Å². The highest BCUT2D eigenvalue weighted by Crippen LogP contribution is 2.55. The SMILES string of the molecule is CC1=C[C@@H]2/C=C(\C)CCC(O)C(O)C(Nc3ccccc3C(=O)N[C@H](C)C(=O)N/C=C/c3c[nH]c4ccccc34)CC(=O)[C@@]23C(=O)N[C@@H](CC(C)C)[C@@H]3[C@@H]1C. The molecular formula is C44H55N5O6. The highest BCUT2D eigenvalue weighted by atomic mass is 16.3. The minimum Gasteiger partial charge on any atom is -0.390 e. The minimum atomic E-state index is -1.41. The Morgan fingerprint density at radius 3 is 2.51 bits per heavy atom. The molecule has 2 heterocycles. The zero-order chi connectivity index (χ0) is 39.6. The topological polar surface area (TPSA) is 173 Å². The van der Waals surface area contributed by atoms with Gasteiger partial charge in [-0.15, -0.1) is 0 Å². The predicted octanol–water partition coefficient (Wildman–Crippen LogP) is 5.63. The van der Waals surface area contributed by atoms with Gasteiger partial charge in [0, 0.05) is 58.8 Å². The predicted molar refractivity (Wildman–Crippen MR) is 215 cm³/mol. The average molecular weight is 750 g/mol. The Bertz CT molecular complexity index is 2030. The van der Waals surface area contributed by atoms with E-state index in [0.29, 0.717) is 12.1 Å². The van der Waals surface area contributed by atoms with Crippen LogP contribution in [0.3, 0.4) is 0 Å². The monoisotopic (exact) mass is 749 g/mol. The van der Waals surface area contributed by atoms with E-state index in [1.165, 1.54) is 6.20 Å². The van der Waals surface area contributed by atoms with Crippen LogP contribution in [0.4, 0.5) is 5.69 Å². The number of fused-ring (bicyclic) bond motifs is 1. The summed E-state index contributed by atoms with van der Waals surface area (Å²) < 4.78 is 0. The lowest BCUT2D eigenvalue weighted by molar-refractivity contribution is -0.146. The number of H-pyrrole nitrogens is 1. The van der Waals surface area contributed by atoms with Crippen LogP contribution in [-0.4, -0.2) is 69.0 Å². The van der Waals surface area contributed by atoms with E-state index in [2.05, 4.69) is 60.0 Å². The van der Waals surface area contributed by atoms with Crippen LogP contribution in [0.2, 0.25) is 0 Å². The number of aliphatic hydroxyl groups is 2. The second-order valence-electron chi connectivity index (χ2n) is 16.2. The summed E-state index contributed by atoms with van der Waals surface area (Å²) in [6.45, 7) is 11.9. The summed E-state index contributed by atoms with van der Waals surface area (Å²) >= 11 is 0. The van der Waals surface area contributed by atoms with Crippen molar-refractivity contribution >= 4 is 46.2 Å². The van der Waals surface area contributed by atoms with Crippen molar-refractivity contribution < 1.29 is 29.4 Å². The maximum absolute atomic E-state index is 15.0. The van der Waals surface area contributed by atoms with Gasteiger partial charge < -0.3 is 36.5 Å². The molecule has 11 heteroatoms. The maximum Gasteiger partial charge on any atom is 0.254 e. The summed E-state index contributed by atoms with van der Waals surface area (Å²) in [5.74, 6) is -2.13. The molecule has 2 aliphatic carbocycles. The van der Waals surface area contributed by atoms with Crippen LogP contribution in [0.1, 0.15) is 83.1 Å². The molecule has 9 atom stereocenters. The van der Waals surface area contributed by atoms with Crippen molar-refractivity contribution in [3.63, 3.8) is 0 Å². The molecule has 0 radical (unpaired) electrons. The largest absolute Gasteiger partial charge is 0.390 e. The van der Waals surface area contributed by atoms with Gasteiger partial charge in [-0.2, -0.15) is 0 Å². The summed E-state index contributed by atoms with van der Waals surface area (Å²) in [5.41, 5.74) is 3.03. The van der Waals surface area contributed by atoms with E-state index < -0.39 is 47.4 Å². The van der Waals surface area contributed by atoms with Crippen LogP contribution >= 0.6 is 0 Å². The third kappa shape index (κ3) is 7.91. The molecule has 55 heavy (non-hydrogen) atoms. The quantitative estimate of drug-likeness (QED) is 0.110. The Morgan fingerprint density at radius 1 is 1.02 bits per heavy atom. The Hall–Kier alpha value is -5.00. The normalized spacial score (nSPS) is 30.0. The lowest BCUT2D eigenvalue weighted by Gasteiger charge is -2.45. The first kappa shape index (κ1) is 39.7. The van der Waals surface area contributed by atoms with Crippen molar-refractivity contribution in [3.05, 3.63) is 95.4 Å². The van der Waals surface area contributed by atoms with Crippen molar-refractivity contribution in [2.75, 3.05) is 5.32 Å². The van der Waals surface area contributed by atoms with Gasteiger partial charge in [0.1, 0.15) is 17.6 Å². The van der Waals surface area contributed by atoms with Gasteiger partial charge in [-0.05, 0) is 76.1 Å². The molecule has 6 rings (SSSR count). The number of aromatic nitrogens is 1. The molecule has 1 spiro atoms. The van der Waals surface area contributed by atoms with E-state index in [-0.39, 0.29) is 53.9 Å². The highest BCUT2D eigenvalue weighted by molar-refractivity contribution is 6.10. The molecule has 292 valence electrons. The van der Waals surface area contributed by atoms with E-state index in [1.807, 2.05) is 43.5 Å². The summed E-state index contributed by atoms with van der Waals surface area (Å²) in [7, 11) is 0. The Labute approximate surface area is 323 Å². The summed E-state index contributed by atoms with van der Waals surface area (Å²) in [6, 6.07) is 12.3. The fraction of sp³-hybridized carbons (Fsp3) is 0.455. The third-order valence-electron chi connectivity index (χ3n) is 11.9. The zero-order valence-corrected chi connectivity index (χ0v) is 32.6. The molecule has 1 aromatic heterocycles. The van der Waals surface area contributed by atoms with E-state index >= 15 is 4.79 Å². The summed E-state index contributed by atoms with van der Waals surface area (Å²) in [6.07, 6.45) is 7.80. The first-order valence-corrected chi connectivity index (χ1v) is 19.5. The molecule has 3 unspecified atom stereocenters. The molecule has 1 saturated heterocycles. The number of hydrogen-bond donors (Lipinski definition) is 7. The van der Waals surface area contributed by atoms with Crippen LogP contribution in [0.5, 0.6) is 0 Å². The van der Waals surface area contributed by atoms with Crippen molar-refractivity contribution in [2.24, 2.45) is 29.1 Å². The molecule has 11 nitrogen and oxygen atoms in total. The fourth-order valence-corrected chi connectivity index (χ4v) is 8.95. The van der Waals surface area contributed by atoms with Gasteiger partial charge in [-0.25, -0.2) is 0 Å². The number of allylic oxidation sites excluding steroid dienone is 4. The van der Waals surface area contributed by atoms with Gasteiger partial charge >= 0.3 is 0 Å². The fourth-order valence-electron chi connectivity index (χ4n) is 8.95. The molecule has 3 aromatic rings. The molecule has 0 saturated carbocycles. The van der Waals surface area contributed by atoms with Gasteiger partial charge in [0.15, 0.2) is 5.78 Å². The van der Waals surface area contributed by atoms with Crippen molar-refractivity contribution in [2.45, 2.75) is 97.6 Å². The van der Waals surface area contributed by atoms with Gasteiger partial charge in [0.2, 0.25) is 11.8 Å². The first-order chi connectivity index (χ1) is 26.2. The van der Waals surface area contributed by atoms with Crippen LogP contribution < -0.4 is 21.3 Å². The number of hydrogen-bond acceptors (Lipinski definition) is 7. The number of aliphatic hydroxyl groups excluding tert-OH is 2. The zero-order valence-electron chi connectivity index (χ0n) is 32.6. The van der Waals surface area contributed by atoms with E-state index in [9.17, 15) is 24.6 Å². The Morgan fingerprint density at radius 2 is 1.75 bits per heavy atom. The number of carbonyl (C=O) groups is 4. The number of carbonyl (C=O) groups excluding carboxylic acids is 4. The second-order valence-corrected chi connectivity index (χ2v) is 16.2. The molecule has 0 bridgehead atoms. The third-order valence-corrected chi connectivity index (χ3v) is 11.9. The van der Waals surface area contributed by atoms with Crippen molar-refractivity contribution in [1.29, 1.82) is 0 Å². The maximum atomic E-state index is 15.0. The number of anilines is 1. The van der Waals surface area contributed by atoms with Gasteiger partial charge in [-0.3, -0.25) is 19.2 Å².